The van der Waals surface area contributed by atoms with Crippen LogP contribution in [-0.2, 0) is 6.61 Å². The number of ketones is 1. The first-order chi connectivity index (χ1) is 9.09. The Kier molecular flexibility index (Phi) is 4.38. The van der Waals surface area contributed by atoms with Gasteiger partial charge in [-0.25, -0.2) is 0 Å². The predicted octanol–water partition coefficient (Wildman–Crippen LogP) is 4.54. The number of benzene rings is 2. The Labute approximate surface area is 121 Å². The number of carbonyl (C=O) groups excluding carboxylic acids is 1. The van der Waals surface area contributed by atoms with E-state index in [1.165, 1.54) is 0 Å². The van der Waals surface area contributed by atoms with Crippen LogP contribution in [0.4, 0.5) is 0 Å². The summed E-state index contributed by atoms with van der Waals surface area (Å²) in [6, 6.07) is 13.6. The Balaban J connectivity index is 2.18. The van der Waals surface area contributed by atoms with Crippen LogP contribution in [-0.4, -0.2) is 5.78 Å². The van der Waals surface area contributed by atoms with E-state index in [0.29, 0.717) is 6.61 Å². The van der Waals surface area contributed by atoms with Gasteiger partial charge in [-0.2, -0.15) is 0 Å². The van der Waals surface area contributed by atoms with Crippen LogP contribution >= 0.6 is 15.9 Å². The molecule has 98 valence electrons. The maximum Gasteiger partial charge on any atom is 0.160 e. The summed E-state index contributed by atoms with van der Waals surface area (Å²) in [5.74, 6) is 0.819. The smallest absolute Gasteiger partial charge is 0.160 e. The zero-order valence-electron chi connectivity index (χ0n) is 10.9. The van der Waals surface area contributed by atoms with Gasteiger partial charge in [0.05, 0.1) is 4.47 Å². The van der Waals surface area contributed by atoms with Crippen LogP contribution in [0.1, 0.15) is 28.4 Å². The van der Waals surface area contributed by atoms with Gasteiger partial charge in [-0.05, 0) is 53.0 Å². The van der Waals surface area contributed by atoms with Crippen LogP contribution in [0.5, 0.6) is 5.75 Å². The van der Waals surface area contributed by atoms with Gasteiger partial charge in [-0.1, -0.05) is 30.3 Å². The van der Waals surface area contributed by atoms with Crippen molar-refractivity contribution in [1.29, 1.82) is 0 Å². The predicted molar refractivity (Wildman–Crippen MR) is 79.7 cm³/mol. The minimum absolute atomic E-state index is 0.0628. The average molecular weight is 319 g/mol. The molecule has 0 amide bonds. The Bertz CT molecular complexity index is 591. The lowest BCUT2D eigenvalue weighted by atomic mass is 10.1. The average Bonchev–Trinajstić information content (AvgIpc) is 2.41. The van der Waals surface area contributed by atoms with Gasteiger partial charge in [0.15, 0.2) is 5.78 Å². The van der Waals surface area contributed by atoms with Crippen molar-refractivity contribution < 1.29 is 9.53 Å². The monoisotopic (exact) mass is 318 g/mol. The van der Waals surface area contributed by atoms with E-state index in [2.05, 4.69) is 15.9 Å². The minimum Gasteiger partial charge on any atom is -0.488 e. The molecule has 0 atom stereocenters. The van der Waals surface area contributed by atoms with Crippen molar-refractivity contribution in [3.05, 3.63) is 63.6 Å². The first-order valence-electron chi connectivity index (χ1n) is 6.06. The largest absolute Gasteiger partial charge is 0.488 e. The second kappa shape index (κ2) is 6.02. The van der Waals surface area contributed by atoms with Crippen LogP contribution in [0.3, 0.4) is 0 Å². The number of rotatable bonds is 4. The van der Waals surface area contributed by atoms with Gasteiger partial charge in [-0.3, -0.25) is 4.79 Å². The lowest BCUT2D eigenvalue weighted by Gasteiger charge is -2.12. The van der Waals surface area contributed by atoms with Crippen molar-refractivity contribution in [3.63, 3.8) is 0 Å². The summed E-state index contributed by atoms with van der Waals surface area (Å²) < 4.78 is 6.62. The second-order valence-corrected chi connectivity index (χ2v) is 5.17. The summed E-state index contributed by atoms with van der Waals surface area (Å²) in [4.78, 5) is 11.4. The first-order valence-corrected chi connectivity index (χ1v) is 6.85. The molecule has 0 heterocycles. The van der Waals surface area contributed by atoms with Crippen molar-refractivity contribution in [2.45, 2.75) is 20.5 Å². The summed E-state index contributed by atoms with van der Waals surface area (Å²) in [5, 5.41) is 0. The summed E-state index contributed by atoms with van der Waals surface area (Å²) in [7, 11) is 0. The third kappa shape index (κ3) is 3.24. The molecule has 0 aromatic heterocycles. The number of ether oxygens (including phenoxy) is 1. The van der Waals surface area contributed by atoms with Gasteiger partial charge < -0.3 is 4.74 Å². The van der Waals surface area contributed by atoms with E-state index < -0.39 is 0 Å². The van der Waals surface area contributed by atoms with Crippen LogP contribution < -0.4 is 4.74 Å². The van der Waals surface area contributed by atoms with Gasteiger partial charge in [0, 0.05) is 5.56 Å². The molecule has 3 heteroatoms. The van der Waals surface area contributed by atoms with Gasteiger partial charge in [0.1, 0.15) is 12.4 Å². The van der Waals surface area contributed by atoms with E-state index >= 15 is 0 Å². The Morgan fingerprint density at radius 1 is 1.16 bits per heavy atom. The van der Waals surface area contributed by atoms with Crippen molar-refractivity contribution in [2.24, 2.45) is 0 Å². The molecule has 0 aliphatic heterocycles. The maximum atomic E-state index is 11.4. The van der Waals surface area contributed by atoms with E-state index in [-0.39, 0.29) is 5.78 Å². The lowest BCUT2D eigenvalue weighted by Crippen LogP contribution is -2.01. The standard InChI is InChI=1S/C16H15BrO2/c1-11-14(12(2)18)8-9-15(16(11)17)19-10-13-6-4-3-5-7-13/h3-9H,10H2,1-2H3. The quantitative estimate of drug-likeness (QED) is 0.774. The topological polar surface area (TPSA) is 26.3 Å². The van der Waals surface area contributed by atoms with Crippen molar-refractivity contribution in [3.8, 4) is 5.75 Å². The number of halogens is 1. The Morgan fingerprint density at radius 2 is 1.84 bits per heavy atom. The molecule has 0 saturated heterocycles. The van der Waals surface area contributed by atoms with E-state index in [1.807, 2.05) is 49.4 Å². The fourth-order valence-corrected chi connectivity index (χ4v) is 2.35. The van der Waals surface area contributed by atoms with Crippen molar-refractivity contribution in [1.82, 2.24) is 0 Å². The van der Waals surface area contributed by atoms with E-state index in [1.54, 1.807) is 6.92 Å². The fraction of sp³-hybridized carbons (Fsp3) is 0.188. The number of hydrogen-bond acceptors (Lipinski definition) is 2. The molecular formula is C16H15BrO2. The third-order valence-corrected chi connectivity index (χ3v) is 3.95. The molecule has 2 aromatic carbocycles. The molecule has 19 heavy (non-hydrogen) atoms. The maximum absolute atomic E-state index is 11.4. The van der Waals surface area contributed by atoms with Crippen LogP contribution in [0, 0.1) is 6.92 Å². The van der Waals surface area contributed by atoms with Gasteiger partial charge in [-0.15, -0.1) is 0 Å². The molecule has 0 N–H and O–H groups in total. The van der Waals surface area contributed by atoms with Gasteiger partial charge in [0.2, 0.25) is 0 Å². The Hall–Kier alpha value is -1.61. The summed E-state index contributed by atoms with van der Waals surface area (Å²) in [5.41, 5.74) is 2.75. The SMILES string of the molecule is CC(=O)c1ccc(OCc2ccccc2)c(Br)c1C. The van der Waals surface area contributed by atoms with Crippen molar-refractivity contribution >= 4 is 21.7 Å². The number of hydrogen-bond donors (Lipinski definition) is 0. The molecule has 2 aromatic rings. The van der Waals surface area contributed by atoms with Crippen LogP contribution in [0.15, 0.2) is 46.9 Å². The van der Waals surface area contributed by atoms with E-state index in [4.69, 9.17) is 4.74 Å². The summed E-state index contributed by atoms with van der Waals surface area (Å²) in [6.07, 6.45) is 0. The lowest BCUT2D eigenvalue weighted by molar-refractivity contribution is 0.101. The van der Waals surface area contributed by atoms with E-state index in [0.717, 1.165) is 26.9 Å². The van der Waals surface area contributed by atoms with E-state index in [9.17, 15) is 4.79 Å². The summed E-state index contributed by atoms with van der Waals surface area (Å²) in [6.45, 7) is 3.99. The molecule has 0 spiro atoms. The highest BCUT2D eigenvalue weighted by molar-refractivity contribution is 9.10. The molecule has 0 bridgehead atoms. The minimum atomic E-state index is 0.0628. The molecule has 0 saturated carbocycles. The van der Waals surface area contributed by atoms with Gasteiger partial charge >= 0.3 is 0 Å². The zero-order chi connectivity index (χ0) is 13.8. The zero-order valence-corrected chi connectivity index (χ0v) is 12.5. The highest BCUT2D eigenvalue weighted by atomic mass is 79.9. The summed E-state index contributed by atoms with van der Waals surface area (Å²) >= 11 is 3.50. The molecule has 0 aliphatic carbocycles. The molecule has 0 fully saturated rings. The Morgan fingerprint density at radius 3 is 2.47 bits per heavy atom. The highest BCUT2D eigenvalue weighted by Crippen LogP contribution is 2.31. The molecule has 2 nitrogen and oxygen atoms in total. The van der Waals surface area contributed by atoms with Crippen LogP contribution in [0.2, 0.25) is 0 Å². The molecule has 0 radical (unpaired) electrons. The molecule has 0 aliphatic rings. The van der Waals surface area contributed by atoms with Gasteiger partial charge in [0.25, 0.3) is 0 Å². The first kappa shape index (κ1) is 13.8. The van der Waals surface area contributed by atoms with Crippen LogP contribution in [0.25, 0.3) is 0 Å². The normalized spacial score (nSPS) is 10.3. The number of carbonyl (C=O) groups is 1. The third-order valence-electron chi connectivity index (χ3n) is 2.97. The van der Waals surface area contributed by atoms with Crippen molar-refractivity contribution in [2.75, 3.05) is 0 Å². The second-order valence-electron chi connectivity index (χ2n) is 4.38. The molecular weight excluding hydrogens is 304 g/mol. The highest BCUT2D eigenvalue weighted by Gasteiger charge is 2.11. The molecule has 2 rings (SSSR count). The molecule has 0 unspecified atom stereocenters. The number of Topliss-reactive ketones (excluding diaryl/α,β-unsaturated/α-hetero) is 1. The fourth-order valence-electron chi connectivity index (χ4n) is 1.89.